The highest BCUT2D eigenvalue weighted by atomic mass is 32.2. The first-order chi connectivity index (χ1) is 9.30. The van der Waals surface area contributed by atoms with Crippen LogP contribution in [0.25, 0.3) is 0 Å². The van der Waals surface area contributed by atoms with Gasteiger partial charge in [-0.3, -0.25) is 4.21 Å². The first kappa shape index (κ1) is 16.9. The summed E-state index contributed by atoms with van der Waals surface area (Å²) in [6.07, 6.45) is 1.54. The SMILES string of the molecule is CC(CNS(=O)(=O)CCOc1ccc(N)cc1)S(C)=O. The van der Waals surface area contributed by atoms with E-state index >= 15 is 0 Å². The minimum atomic E-state index is -3.42. The fourth-order valence-electron chi connectivity index (χ4n) is 1.27. The molecular weight excluding hydrogens is 300 g/mol. The number of nitrogens with one attached hydrogen (secondary N) is 1. The fourth-order valence-corrected chi connectivity index (χ4v) is 2.64. The Balaban J connectivity index is 2.36. The topological polar surface area (TPSA) is 98.5 Å². The molecule has 8 heteroatoms. The van der Waals surface area contributed by atoms with Crippen molar-refractivity contribution < 1.29 is 17.4 Å². The van der Waals surface area contributed by atoms with E-state index < -0.39 is 20.8 Å². The molecule has 3 N–H and O–H groups in total. The normalized spacial score (nSPS) is 14.7. The standard InChI is InChI=1S/C12H20N2O4S2/c1-10(19(2)15)9-14-20(16,17)8-7-18-12-5-3-11(13)4-6-12/h3-6,10,14H,7-9,13H2,1-2H3. The molecule has 0 spiro atoms. The summed E-state index contributed by atoms with van der Waals surface area (Å²) in [5.41, 5.74) is 6.15. The molecule has 0 aliphatic heterocycles. The Kier molecular flexibility index (Phi) is 6.44. The summed E-state index contributed by atoms with van der Waals surface area (Å²) < 4.78 is 42.2. The van der Waals surface area contributed by atoms with Crippen molar-refractivity contribution in [1.82, 2.24) is 4.72 Å². The molecule has 0 radical (unpaired) electrons. The summed E-state index contributed by atoms with van der Waals surface area (Å²) in [6.45, 7) is 1.93. The van der Waals surface area contributed by atoms with E-state index in [-0.39, 0.29) is 24.2 Å². The van der Waals surface area contributed by atoms with E-state index in [0.717, 1.165) is 0 Å². The number of hydrogen-bond donors (Lipinski definition) is 2. The van der Waals surface area contributed by atoms with Gasteiger partial charge in [0.1, 0.15) is 12.4 Å². The third kappa shape index (κ3) is 6.36. The van der Waals surface area contributed by atoms with Gasteiger partial charge >= 0.3 is 0 Å². The Bertz CT molecular complexity index is 543. The van der Waals surface area contributed by atoms with Crippen LogP contribution in [0, 0.1) is 0 Å². The molecule has 1 aromatic carbocycles. The Morgan fingerprint density at radius 3 is 2.50 bits per heavy atom. The lowest BCUT2D eigenvalue weighted by molar-refractivity contribution is 0.340. The summed E-state index contributed by atoms with van der Waals surface area (Å²) in [4.78, 5) is 0. The lowest BCUT2D eigenvalue weighted by Gasteiger charge is -2.11. The highest BCUT2D eigenvalue weighted by molar-refractivity contribution is 7.89. The summed E-state index contributed by atoms with van der Waals surface area (Å²) in [6, 6.07) is 6.72. The smallest absolute Gasteiger partial charge is 0.214 e. The number of ether oxygens (including phenoxy) is 1. The predicted octanol–water partition coefficient (Wildman–Crippen LogP) is 0.334. The van der Waals surface area contributed by atoms with Crippen LogP contribution in [-0.2, 0) is 20.8 Å². The van der Waals surface area contributed by atoms with Crippen LogP contribution in [0.1, 0.15) is 6.92 Å². The number of nitrogen functional groups attached to an aromatic ring is 1. The molecule has 2 atom stereocenters. The summed E-state index contributed by atoms with van der Waals surface area (Å²) in [5, 5.41) is -0.220. The van der Waals surface area contributed by atoms with Gasteiger partial charge in [0.15, 0.2) is 0 Å². The summed E-state index contributed by atoms with van der Waals surface area (Å²) in [5.74, 6) is 0.415. The lowest BCUT2D eigenvalue weighted by Crippen LogP contribution is -2.35. The first-order valence-electron chi connectivity index (χ1n) is 6.08. The molecule has 0 bridgehead atoms. The van der Waals surface area contributed by atoms with E-state index in [2.05, 4.69) is 4.72 Å². The van der Waals surface area contributed by atoms with Gasteiger partial charge in [-0.2, -0.15) is 0 Å². The second-order valence-corrected chi connectivity index (χ2v) is 8.12. The molecule has 6 nitrogen and oxygen atoms in total. The fraction of sp³-hybridized carbons (Fsp3) is 0.500. The van der Waals surface area contributed by atoms with Crippen LogP contribution >= 0.6 is 0 Å². The van der Waals surface area contributed by atoms with E-state index in [1.54, 1.807) is 37.4 Å². The van der Waals surface area contributed by atoms with E-state index in [0.29, 0.717) is 11.4 Å². The highest BCUT2D eigenvalue weighted by Crippen LogP contribution is 2.12. The van der Waals surface area contributed by atoms with Gasteiger partial charge in [0.05, 0.1) is 5.75 Å². The molecule has 2 unspecified atom stereocenters. The van der Waals surface area contributed by atoms with Gasteiger partial charge in [-0.1, -0.05) is 0 Å². The van der Waals surface area contributed by atoms with Crippen molar-refractivity contribution in [3.8, 4) is 5.75 Å². The molecule has 0 aliphatic carbocycles. The number of nitrogens with two attached hydrogens (primary N) is 1. The quantitative estimate of drug-likeness (QED) is 0.673. The summed E-state index contributed by atoms with van der Waals surface area (Å²) in [7, 11) is -4.48. The second-order valence-electron chi connectivity index (χ2n) is 4.39. The van der Waals surface area contributed by atoms with Gasteiger partial charge in [-0.05, 0) is 31.2 Å². The van der Waals surface area contributed by atoms with Gasteiger partial charge in [-0.15, -0.1) is 0 Å². The average molecular weight is 320 g/mol. The van der Waals surface area contributed by atoms with Crippen LogP contribution in [0.5, 0.6) is 5.75 Å². The molecule has 1 aromatic rings. The maximum absolute atomic E-state index is 11.7. The van der Waals surface area contributed by atoms with E-state index in [1.165, 1.54) is 0 Å². The van der Waals surface area contributed by atoms with E-state index in [9.17, 15) is 12.6 Å². The van der Waals surface area contributed by atoms with Gasteiger partial charge in [0, 0.05) is 34.5 Å². The van der Waals surface area contributed by atoms with Crippen molar-refractivity contribution in [1.29, 1.82) is 0 Å². The second kappa shape index (κ2) is 7.61. The van der Waals surface area contributed by atoms with E-state index in [1.807, 2.05) is 0 Å². The lowest BCUT2D eigenvalue weighted by atomic mass is 10.3. The van der Waals surface area contributed by atoms with Gasteiger partial charge < -0.3 is 10.5 Å². The zero-order chi connectivity index (χ0) is 15.2. The highest BCUT2D eigenvalue weighted by Gasteiger charge is 2.14. The van der Waals surface area contributed by atoms with Crippen molar-refractivity contribution in [2.75, 3.05) is 30.9 Å². The zero-order valence-corrected chi connectivity index (χ0v) is 13.2. The number of anilines is 1. The van der Waals surface area contributed by atoms with Crippen LogP contribution in [0.3, 0.4) is 0 Å². The van der Waals surface area contributed by atoms with Gasteiger partial charge in [-0.25, -0.2) is 13.1 Å². The molecule has 0 aromatic heterocycles. The molecule has 0 fully saturated rings. The third-order valence-corrected chi connectivity index (χ3v) is 5.27. The van der Waals surface area contributed by atoms with Crippen molar-refractivity contribution in [3.05, 3.63) is 24.3 Å². The number of rotatable bonds is 8. The average Bonchev–Trinajstić information content (AvgIpc) is 2.38. The monoisotopic (exact) mass is 320 g/mol. The van der Waals surface area contributed by atoms with Crippen molar-refractivity contribution in [2.45, 2.75) is 12.2 Å². The van der Waals surface area contributed by atoms with E-state index in [4.69, 9.17) is 10.5 Å². The van der Waals surface area contributed by atoms with Crippen LogP contribution in [0.2, 0.25) is 0 Å². The Morgan fingerprint density at radius 1 is 1.35 bits per heavy atom. The van der Waals surface area contributed by atoms with Crippen molar-refractivity contribution >= 4 is 26.5 Å². The van der Waals surface area contributed by atoms with Gasteiger partial charge in [0.2, 0.25) is 10.0 Å². The Labute approximate surface area is 122 Å². The summed E-state index contributed by atoms with van der Waals surface area (Å²) >= 11 is 0. The molecule has 0 saturated carbocycles. The Morgan fingerprint density at radius 2 is 1.95 bits per heavy atom. The van der Waals surface area contributed by atoms with Crippen molar-refractivity contribution in [2.24, 2.45) is 0 Å². The van der Waals surface area contributed by atoms with Crippen LogP contribution in [0.15, 0.2) is 24.3 Å². The minimum absolute atomic E-state index is 0.0445. The molecule has 20 heavy (non-hydrogen) atoms. The third-order valence-electron chi connectivity index (χ3n) is 2.66. The maximum atomic E-state index is 11.7. The van der Waals surface area contributed by atoms with Crippen molar-refractivity contribution in [3.63, 3.8) is 0 Å². The van der Waals surface area contributed by atoms with Gasteiger partial charge in [0.25, 0.3) is 0 Å². The number of sulfonamides is 1. The maximum Gasteiger partial charge on any atom is 0.214 e. The van der Waals surface area contributed by atoms with Crippen LogP contribution < -0.4 is 15.2 Å². The zero-order valence-electron chi connectivity index (χ0n) is 11.5. The number of hydrogen-bond acceptors (Lipinski definition) is 5. The van der Waals surface area contributed by atoms with Crippen LogP contribution in [-0.4, -0.2) is 43.0 Å². The molecule has 1 rings (SSSR count). The molecule has 0 heterocycles. The largest absolute Gasteiger partial charge is 0.492 e. The molecule has 0 saturated heterocycles. The molecule has 0 amide bonds. The van der Waals surface area contributed by atoms with Crippen LogP contribution in [0.4, 0.5) is 5.69 Å². The molecular formula is C12H20N2O4S2. The molecule has 0 aliphatic rings. The Hall–Kier alpha value is -1.12. The predicted molar refractivity (Wildman–Crippen MR) is 81.7 cm³/mol. The number of benzene rings is 1. The minimum Gasteiger partial charge on any atom is -0.492 e. The first-order valence-corrected chi connectivity index (χ1v) is 9.35. The molecule has 114 valence electrons.